The molecule has 3 aromatic rings. The number of aromatic nitrogens is 2. The molecule has 1 aromatic heterocycles. The Balaban J connectivity index is 1.70. The fourth-order valence-electron chi connectivity index (χ4n) is 2.88. The lowest BCUT2D eigenvalue weighted by Crippen LogP contribution is -2.13. The average molecular weight is 389 g/mol. The molecule has 148 valence electrons. The number of nitrogens with one attached hydrogen (secondary N) is 1. The minimum atomic E-state index is -0.383. The average Bonchev–Trinajstić information content (AvgIpc) is 3.09. The van der Waals surface area contributed by atoms with Crippen molar-refractivity contribution >= 4 is 23.6 Å². The van der Waals surface area contributed by atoms with E-state index in [1.165, 1.54) is 6.08 Å². The van der Waals surface area contributed by atoms with Crippen molar-refractivity contribution in [2.45, 2.75) is 20.8 Å². The molecule has 1 heterocycles. The Hall–Kier alpha value is -3.67. The molecule has 1 amide bonds. The number of aryl methyl sites for hydroxylation is 1. The minimum absolute atomic E-state index is 0.226. The van der Waals surface area contributed by atoms with E-state index in [9.17, 15) is 9.59 Å². The van der Waals surface area contributed by atoms with Crippen LogP contribution < -0.4 is 5.32 Å². The number of hydrogen-bond acceptors (Lipinski definition) is 4. The third-order valence-corrected chi connectivity index (χ3v) is 4.37. The fraction of sp³-hybridized carbons (Fsp3) is 0.174. The van der Waals surface area contributed by atoms with E-state index in [1.54, 1.807) is 36.0 Å². The number of nitrogens with zero attached hydrogens (tertiary/aromatic N) is 2. The van der Waals surface area contributed by atoms with E-state index in [0.29, 0.717) is 17.9 Å². The van der Waals surface area contributed by atoms with Crippen molar-refractivity contribution < 1.29 is 14.3 Å². The van der Waals surface area contributed by atoms with Crippen molar-refractivity contribution in [3.05, 3.63) is 83.2 Å². The molecular formula is C23H23N3O3. The maximum atomic E-state index is 12.7. The summed E-state index contributed by atoms with van der Waals surface area (Å²) >= 11 is 0. The molecule has 6 nitrogen and oxygen atoms in total. The molecular weight excluding hydrogens is 366 g/mol. The third kappa shape index (κ3) is 4.99. The van der Waals surface area contributed by atoms with Crippen LogP contribution in [-0.2, 0) is 9.53 Å². The van der Waals surface area contributed by atoms with Crippen LogP contribution in [0.4, 0.5) is 5.69 Å². The van der Waals surface area contributed by atoms with Crippen molar-refractivity contribution in [2.75, 3.05) is 11.9 Å². The van der Waals surface area contributed by atoms with Crippen LogP contribution in [0.5, 0.6) is 0 Å². The normalized spacial score (nSPS) is 10.9. The molecule has 0 aliphatic carbocycles. The van der Waals surface area contributed by atoms with E-state index in [0.717, 1.165) is 22.5 Å². The number of amides is 1. The van der Waals surface area contributed by atoms with Crippen LogP contribution in [0.2, 0.25) is 0 Å². The van der Waals surface area contributed by atoms with Gasteiger partial charge in [0.05, 0.1) is 29.7 Å². The summed E-state index contributed by atoms with van der Waals surface area (Å²) in [6, 6.07) is 15.1. The molecule has 0 saturated heterocycles. The Morgan fingerprint density at radius 3 is 2.59 bits per heavy atom. The van der Waals surface area contributed by atoms with E-state index in [-0.39, 0.29) is 11.9 Å². The van der Waals surface area contributed by atoms with Crippen LogP contribution in [0.25, 0.3) is 11.8 Å². The number of carbonyl (C=O) groups excluding carboxylic acids is 2. The van der Waals surface area contributed by atoms with E-state index < -0.39 is 0 Å². The summed E-state index contributed by atoms with van der Waals surface area (Å²) in [7, 11) is 0. The molecule has 0 bridgehead atoms. The predicted molar refractivity (Wildman–Crippen MR) is 113 cm³/mol. The number of anilines is 1. The van der Waals surface area contributed by atoms with E-state index in [1.807, 2.05) is 50.2 Å². The van der Waals surface area contributed by atoms with Crippen molar-refractivity contribution in [1.82, 2.24) is 9.78 Å². The Morgan fingerprint density at radius 1 is 1.14 bits per heavy atom. The number of ether oxygens (including phenoxy) is 1. The maximum Gasteiger partial charge on any atom is 0.330 e. The summed E-state index contributed by atoms with van der Waals surface area (Å²) in [5.41, 5.74) is 4.81. The Kier molecular flexibility index (Phi) is 6.24. The summed E-state index contributed by atoms with van der Waals surface area (Å²) in [6.45, 7) is 5.98. The minimum Gasteiger partial charge on any atom is -0.463 e. The molecule has 6 heteroatoms. The van der Waals surface area contributed by atoms with Crippen LogP contribution >= 0.6 is 0 Å². The first-order chi connectivity index (χ1) is 14.0. The zero-order valence-electron chi connectivity index (χ0n) is 16.7. The lowest BCUT2D eigenvalue weighted by atomic mass is 10.1. The highest BCUT2D eigenvalue weighted by atomic mass is 16.5. The Bertz CT molecular complexity index is 1050. The number of rotatable bonds is 6. The first-order valence-electron chi connectivity index (χ1n) is 9.36. The quantitative estimate of drug-likeness (QED) is 0.503. The molecule has 3 rings (SSSR count). The van der Waals surface area contributed by atoms with Gasteiger partial charge in [0.2, 0.25) is 0 Å². The molecule has 29 heavy (non-hydrogen) atoms. The summed E-state index contributed by atoms with van der Waals surface area (Å²) < 4.78 is 6.61. The molecule has 2 aromatic carbocycles. The first kappa shape index (κ1) is 20.1. The highest BCUT2D eigenvalue weighted by Gasteiger charge is 2.15. The third-order valence-electron chi connectivity index (χ3n) is 4.37. The zero-order valence-corrected chi connectivity index (χ0v) is 16.7. The highest BCUT2D eigenvalue weighted by molar-refractivity contribution is 6.05. The van der Waals surface area contributed by atoms with Crippen molar-refractivity contribution in [1.29, 1.82) is 0 Å². The van der Waals surface area contributed by atoms with Gasteiger partial charge in [-0.15, -0.1) is 0 Å². The molecule has 0 aliphatic heterocycles. The molecule has 0 aliphatic rings. The lowest BCUT2D eigenvalue weighted by molar-refractivity contribution is -0.137. The fourth-order valence-corrected chi connectivity index (χ4v) is 2.88. The summed E-state index contributed by atoms with van der Waals surface area (Å²) in [6.07, 6.45) is 4.61. The van der Waals surface area contributed by atoms with Gasteiger partial charge in [-0.05, 0) is 62.2 Å². The molecule has 0 saturated carbocycles. The maximum absolute atomic E-state index is 12.7. The van der Waals surface area contributed by atoms with Gasteiger partial charge in [-0.25, -0.2) is 9.48 Å². The van der Waals surface area contributed by atoms with E-state index >= 15 is 0 Å². The summed E-state index contributed by atoms with van der Waals surface area (Å²) in [5, 5.41) is 7.24. The molecule has 0 fully saturated rings. The predicted octanol–water partition coefficient (Wildman–Crippen LogP) is 4.32. The zero-order chi connectivity index (χ0) is 20.8. The molecule has 0 spiro atoms. The van der Waals surface area contributed by atoms with Gasteiger partial charge in [0.15, 0.2) is 0 Å². The first-order valence-corrected chi connectivity index (χ1v) is 9.36. The second-order valence-corrected chi connectivity index (χ2v) is 6.56. The summed E-state index contributed by atoms with van der Waals surface area (Å²) in [4.78, 5) is 24.0. The van der Waals surface area contributed by atoms with Gasteiger partial charge in [0.1, 0.15) is 0 Å². The van der Waals surface area contributed by atoms with Crippen molar-refractivity contribution in [3.63, 3.8) is 0 Å². The van der Waals surface area contributed by atoms with E-state index in [2.05, 4.69) is 10.4 Å². The van der Waals surface area contributed by atoms with E-state index in [4.69, 9.17) is 4.74 Å². The van der Waals surface area contributed by atoms with Gasteiger partial charge >= 0.3 is 5.97 Å². The lowest BCUT2D eigenvalue weighted by Gasteiger charge is -2.07. The van der Waals surface area contributed by atoms with Crippen LogP contribution in [0.15, 0.2) is 60.8 Å². The Morgan fingerprint density at radius 2 is 1.90 bits per heavy atom. The van der Waals surface area contributed by atoms with Crippen molar-refractivity contribution in [3.8, 4) is 5.69 Å². The molecule has 0 radical (unpaired) electrons. The Labute approximate surface area is 169 Å². The number of benzene rings is 2. The molecule has 1 N–H and O–H groups in total. The van der Waals surface area contributed by atoms with Gasteiger partial charge in [0, 0.05) is 11.8 Å². The van der Waals surface area contributed by atoms with Crippen LogP contribution in [0.3, 0.4) is 0 Å². The van der Waals surface area contributed by atoms with Crippen molar-refractivity contribution in [2.24, 2.45) is 0 Å². The second-order valence-electron chi connectivity index (χ2n) is 6.56. The standard InChI is InChI=1S/C23H23N3O3/c1-4-29-22(27)13-10-18-8-11-19(12-9-18)25-23(28)21-15-24-26(17(21)3)20-7-5-6-16(2)14-20/h5-15H,4H2,1-3H3,(H,25,28)/b13-10+. The van der Waals surface area contributed by atoms with Crippen LogP contribution in [-0.4, -0.2) is 28.3 Å². The van der Waals surface area contributed by atoms with Crippen LogP contribution in [0.1, 0.15) is 34.1 Å². The van der Waals surface area contributed by atoms with Gasteiger partial charge in [-0.3, -0.25) is 4.79 Å². The molecule has 0 unspecified atom stereocenters. The smallest absolute Gasteiger partial charge is 0.330 e. The monoisotopic (exact) mass is 389 g/mol. The van der Waals surface area contributed by atoms with Gasteiger partial charge in [-0.1, -0.05) is 24.3 Å². The summed E-state index contributed by atoms with van der Waals surface area (Å²) in [5.74, 6) is -0.609. The number of esters is 1. The largest absolute Gasteiger partial charge is 0.463 e. The SMILES string of the molecule is CCOC(=O)/C=C/c1ccc(NC(=O)c2cnn(-c3cccc(C)c3)c2C)cc1. The van der Waals surface area contributed by atoms with Gasteiger partial charge in [-0.2, -0.15) is 5.10 Å². The van der Waals surface area contributed by atoms with Gasteiger partial charge < -0.3 is 10.1 Å². The van der Waals surface area contributed by atoms with Gasteiger partial charge in [0.25, 0.3) is 5.91 Å². The van der Waals surface area contributed by atoms with Crippen LogP contribution in [0, 0.1) is 13.8 Å². The number of hydrogen-bond donors (Lipinski definition) is 1. The second kappa shape index (κ2) is 9.01. The highest BCUT2D eigenvalue weighted by Crippen LogP contribution is 2.18. The number of carbonyl (C=O) groups is 2. The molecule has 0 atom stereocenters. The topological polar surface area (TPSA) is 73.2 Å².